The summed E-state index contributed by atoms with van der Waals surface area (Å²) < 4.78 is 21.8. The third-order valence-electron chi connectivity index (χ3n) is 4.71. The van der Waals surface area contributed by atoms with Crippen molar-refractivity contribution in [2.45, 2.75) is 18.9 Å². The van der Waals surface area contributed by atoms with Gasteiger partial charge in [0.05, 0.1) is 34.5 Å². The maximum atomic E-state index is 10.6. The Morgan fingerprint density at radius 2 is 1.62 bits per heavy atom. The van der Waals surface area contributed by atoms with E-state index >= 15 is 0 Å². The minimum atomic E-state index is -0.549. The molecule has 0 heterocycles. The molecule has 3 rings (SSSR count). The molecule has 5 heteroatoms. The van der Waals surface area contributed by atoms with Gasteiger partial charge in [-0.05, 0) is 53.8 Å². The van der Waals surface area contributed by atoms with Crippen molar-refractivity contribution in [3.63, 3.8) is 0 Å². The molecule has 1 aliphatic rings. The van der Waals surface area contributed by atoms with Crippen LogP contribution in [0, 0.1) is 0 Å². The van der Waals surface area contributed by atoms with E-state index in [1.165, 1.54) is 0 Å². The van der Waals surface area contributed by atoms with Crippen molar-refractivity contribution in [2.75, 3.05) is 28.4 Å². The molecule has 26 heavy (non-hydrogen) atoms. The van der Waals surface area contributed by atoms with Gasteiger partial charge in [0.15, 0.2) is 11.5 Å². The van der Waals surface area contributed by atoms with Gasteiger partial charge >= 0.3 is 0 Å². The Labute approximate surface area is 153 Å². The summed E-state index contributed by atoms with van der Waals surface area (Å²) in [6.45, 7) is 0. The molecule has 2 aromatic rings. The van der Waals surface area contributed by atoms with Crippen LogP contribution in [-0.2, 0) is 6.42 Å². The van der Waals surface area contributed by atoms with Gasteiger partial charge in [-0.2, -0.15) is 0 Å². The van der Waals surface area contributed by atoms with Crippen molar-refractivity contribution in [1.29, 1.82) is 0 Å². The number of aliphatic hydroxyl groups excluding tert-OH is 1. The molecule has 0 aromatic heterocycles. The molecule has 138 valence electrons. The number of ether oxygens (including phenoxy) is 4. The van der Waals surface area contributed by atoms with E-state index in [0.29, 0.717) is 30.1 Å². The number of rotatable bonds is 5. The van der Waals surface area contributed by atoms with Gasteiger partial charge < -0.3 is 24.1 Å². The molecule has 5 nitrogen and oxygen atoms in total. The van der Waals surface area contributed by atoms with E-state index < -0.39 is 6.10 Å². The first-order chi connectivity index (χ1) is 12.6. The Hall–Kier alpha value is -2.66. The van der Waals surface area contributed by atoms with E-state index in [-0.39, 0.29) is 0 Å². The van der Waals surface area contributed by atoms with Gasteiger partial charge in [0.2, 0.25) is 5.75 Å². The van der Waals surface area contributed by atoms with E-state index in [0.717, 1.165) is 28.0 Å². The highest BCUT2D eigenvalue weighted by Crippen LogP contribution is 2.47. The van der Waals surface area contributed by atoms with E-state index in [4.69, 9.17) is 18.9 Å². The molecule has 0 saturated carbocycles. The first-order valence-electron chi connectivity index (χ1n) is 8.48. The molecule has 0 spiro atoms. The Bertz CT molecular complexity index is 808. The lowest BCUT2D eigenvalue weighted by Gasteiger charge is -2.28. The highest BCUT2D eigenvalue weighted by Gasteiger charge is 2.29. The summed E-state index contributed by atoms with van der Waals surface area (Å²) in [6.07, 6.45) is 2.78. The van der Waals surface area contributed by atoms with Crippen LogP contribution in [0.25, 0.3) is 11.6 Å². The topological polar surface area (TPSA) is 57.2 Å². The van der Waals surface area contributed by atoms with Crippen LogP contribution >= 0.6 is 0 Å². The van der Waals surface area contributed by atoms with Crippen molar-refractivity contribution in [2.24, 2.45) is 0 Å². The average molecular weight is 356 g/mol. The van der Waals surface area contributed by atoms with Crippen LogP contribution < -0.4 is 18.9 Å². The Balaban J connectivity index is 2.15. The lowest BCUT2D eigenvalue weighted by molar-refractivity contribution is 0.217. The maximum Gasteiger partial charge on any atom is 0.203 e. The third kappa shape index (κ3) is 3.22. The lowest BCUT2D eigenvalue weighted by atomic mass is 9.83. The summed E-state index contributed by atoms with van der Waals surface area (Å²) in [5.74, 6) is 2.62. The predicted octanol–water partition coefficient (Wildman–Crippen LogP) is 3.57. The van der Waals surface area contributed by atoms with Gasteiger partial charge in [0, 0.05) is 5.56 Å². The zero-order valence-corrected chi connectivity index (χ0v) is 15.5. The van der Waals surface area contributed by atoms with Gasteiger partial charge in [-0.3, -0.25) is 0 Å². The fourth-order valence-corrected chi connectivity index (χ4v) is 3.39. The summed E-state index contributed by atoms with van der Waals surface area (Å²) >= 11 is 0. The second-order valence-corrected chi connectivity index (χ2v) is 6.10. The summed E-state index contributed by atoms with van der Waals surface area (Å²) in [7, 11) is 6.45. The molecule has 0 aliphatic heterocycles. The van der Waals surface area contributed by atoms with Crippen LogP contribution in [-0.4, -0.2) is 39.6 Å². The van der Waals surface area contributed by atoms with Crippen LogP contribution in [0.4, 0.5) is 0 Å². The second kappa shape index (κ2) is 7.70. The molecular formula is C21H24O5. The molecular weight excluding hydrogens is 332 g/mol. The summed E-state index contributed by atoms with van der Waals surface area (Å²) in [5.41, 5.74) is 3.78. The van der Waals surface area contributed by atoms with Crippen LogP contribution in [0.5, 0.6) is 23.0 Å². The fraction of sp³-hybridized carbons (Fsp3) is 0.333. The molecule has 2 aromatic carbocycles. The van der Waals surface area contributed by atoms with Crippen molar-refractivity contribution in [1.82, 2.24) is 0 Å². The standard InChI is InChI=1S/C21H24O5/c1-23-14-7-5-13(6-8-14)11-17-16-12-19(24-2)21(26-4)20(25-3)15(16)9-10-18(17)22/h5-8,11-12,18,22H,9-10H2,1-4H3/b17-11+/t18-/m0/s1. The monoisotopic (exact) mass is 356 g/mol. The smallest absolute Gasteiger partial charge is 0.203 e. The van der Waals surface area contributed by atoms with Crippen molar-refractivity contribution in [3.8, 4) is 23.0 Å². The zero-order chi connectivity index (χ0) is 18.7. The predicted molar refractivity (Wildman–Crippen MR) is 101 cm³/mol. The van der Waals surface area contributed by atoms with Crippen LogP contribution in [0.15, 0.2) is 30.3 Å². The van der Waals surface area contributed by atoms with Gasteiger partial charge in [-0.15, -0.1) is 0 Å². The minimum Gasteiger partial charge on any atom is -0.497 e. The number of hydrogen-bond acceptors (Lipinski definition) is 5. The Kier molecular flexibility index (Phi) is 5.38. The van der Waals surface area contributed by atoms with Gasteiger partial charge in [-0.1, -0.05) is 12.1 Å². The quantitative estimate of drug-likeness (QED) is 0.888. The van der Waals surface area contributed by atoms with Crippen LogP contribution in [0.3, 0.4) is 0 Å². The first kappa shape index (κ1) is 18.1. The number of aliphatic hydroxyl groups is 1. The van der Waals surface area contributed by atoms with Crippen LogP contribution in [0.2, 0.25) is 0 Å². The molecule has 0 saturated heterocycles. The molecule has 1 atom stereocenters. The molecule has 1 N–H and O–H groups in total. The molecule has 0 unspecified atom stereocenters. The average Bonchev–Trinajstić information content (AvgIpc) is 2.68. The van der Waals surface area contributed by atoms with Crippen molar-refractivity contribution >= 4 is 11.6 Å². The number of benzene rings is 2. The molecule has 0 fully saturated rings. The first-order valence-corrected chi connectivity index (χ1v) is 8.48. The number of hydrogen-bond donors (Lipinski definition) is 1. The van der Waals surface area contributed by atoms with E-state index in [1.807, 2.05) is 36.4 Å². The summed E-state index contributed by atoms with van der Waals surface area (Å²) in [5, 5.41) is 10.6. The Morgan fingerprint density at radius 1 is 0.923 bits per heavy atom. The normalized spacial score (nSPS) is 17.6. The van der Waals surface area contributed by atoms with E-state index in [2.05, 4.69) is 0 Å². The van der Waals surface area contributed by atoms with Gasteiger partial charge in [-0.25, -0.2) is 0 Å². The number of methoxy groups -OCH3 is 4. The van der Waals surface area contributed by atoms with E-state index in [9.17, 15) is 5.11 Å². The van der Waals surface area contributed by atoms with Gasteiger partial charge in [0.25, 0.3) is 0 Å². The molecule has 1 aliphatic carbocycles. The van der Waals surface area contributed by atoms with Crippen LogP contribution in [0.1, 0.15) is 23.1 Å². The Morgan fingerprint density at radius 3 is 2.19 bits per heavy atom. The fourth-order valence-electron chi connectivity index (χ4n) is 3.39. The summed E-state index contributed by atoms with van der Waals surface area (Å²) in [4.78, 5) is 0. The van der Waals surface area contributed by atoms with Gasteiger partial charge in [0.1, 0.15) is 5.75 Å². The second-order valence-electron chi connectivity index (χ2n) is 6.10. The SMILES string of the molecule is COc1ccc(/C=C2\c3cc(OC)c(OC)c(OC)c3CC[C@@H]2O)cc1. The maximum absolute atomic E-state index is 10.6. The molecule has 0 amide bonds. The highest BCUT2D eigenvalue weighted by molar-refractivity contribution is 5.88. The zero-order valence-electron chi connectivity index (χ0n) is 15.5. The summed E-state index contributed by atoms with van der Waals surface area (Å²) in [6, 6.07) is 9.64. The minimum absolute atomic E-state index is 0.549. The third-order valence-corrected chi connectivity index (χ3v) is 4.71. The molecule has 0 bridgehead atoms. The lowest BCUT2D eigenvalue weighted by Crippen LogP contribution is -2.19. The number of fused-ring (bicyclic) bond motifs is 1. The molecule has 0 radical (unpaired) electrons. The largest absolute Gasteiger partial charge is 0.497 e. The van der Waals surface area contributed by atoms with Crippen molar-refractivity contribution < 1.29 is 24.1 Å². The highest BCUT2D eigenvalue weighted by atomic mass is 16.5. The van der Waals surface area contributed by atoms with Crippen molar-refractivity contribution in [3.05, 3.63) is 47.0 Å². The van der Waals surface area contributed by atoms with E-state index in [1.54, 1.807) is 28.4 Å².